The number of hydrogen-bond donors (Lipinski definition) is 0. The summed E-state index contributed by atoms with van der Waals surface area (Å²) in [5, 5.41) is 0. The van der Waals surface area contributed by atoms with Gasteiger partial charge in [0.05, 0.1) is 23.9 Å². The summed E-state index contributed by atoms with van der Waals surface area (Å²) in [4.78, 5) is 14.6. The highest BCUT2D eigenvalue weighted by atomic mass is 32.2. The Morgan fingerprint density at radius 3 is 2.31 bits per heavy atom. The van der Waals surface area contributed by atoms with Crippen LogP contribution in [0.2, 0.25) is 0 Å². The number of piperidine rings is 1. The fourth-order valence-corrected chi connectivity index (χ4v) is 6.06. The molecular formula is C20H27NO4S. The molecule has 1 saturated carbocycles. The van der Waals surface area contributed by atoms with Crippen molar-refractivity contribution in [3.63, 3.8) is 0 Å². The zero-order valence-electron chi connectivity index (χ0n) is 15.6. The first-order valence-corrected chi connectivity index (χ1v) is 11.1. The van der Waals surface area contributed by atoms with Crippen LogP contribution >= 0.6 is 0 Å². The van der Waals surface area contributed by atoms with E-state index in [2.05, 4.69) is 4.90 Å². The normalized spacial score (nSPS) is 23.5. The molecule has 0 bridgehead atoms. The van der Waals surface area contributed by atoms with Crippen LogP contribution in [0.15, 0.2) is 23.1 Å². The van der Waals surface area contributed by atoms with Gasteiger partial charge in [-0.05, 0) is 56.2 Å². The third kappa shape index (κ3) is 3.29. The molecule has 5 nitrogen and oxygen atoms in total. The van der Waals surface area contributed by atoms with Gasteiger partial charge in [-0.2, -0.15) is 0 Å². The summed E-state index contributed by atoms with van der Waals surface area (Å²) in [5.74, 6) is 0.0668. The van der Waals surface area contributed by atoms with Gasteiger partial charge in [-0.25, -0.2) is 8.42 Å². The van der Waals surface area contributed by atoms with E-state index >= 15 is 0 Å². The third-order valence-corrected chi connectivity index (χ3v) is 8.32. The third-order valence-electron chi connectivity index (χ3n) is 6.27. The second kappa shape index (κ2) is 6.06. The van der Waals surface area contributed by atoms with E-state index in [1.165, 1.54) is 12.8 Å². The molecule has 1 spiro atoms. The highest BCUT2D eigenvalue weighted by Crippen LogP contribution is 2.54. The van der Waals surface area contributed by atoms with Crippen molar-refractivity contribution >= 4 is 21.3 Å². The van der Waals surface area contributed by atoms with Crippen molar-refractivity contribution in [3.05, 3.63) is 23.8 Å². The molecule has 0 radical (unpaired) electrons. The fourth-order valence-electron chi connectivity index (χ4n) is 4.24. The molecule has 26 heavy (non-hydrogen) atoms. The quantitative estimate of drug-likeness (QED) is 0.738. The number of benzene rings is 1. The van der Waals surface area contributed by atoms with Crippen LogP contribution in [0, 0.1) is 10.8 Å². The Bertz CT molecular complexity index is 827. The van der Waals surface area contributed by atoms with Crippen LogP contribution in [0.5, 0.6) is 0 Å². The molecule has 0 aromatic heterocycles. The molecule has 4 rings (SSSR count). The van der Waals surface area contributed by atoms with Gasteiger partial charge >= 0.3 is 0 Å². The van der Waals surface area contributed by atoms with Gasteiger partial charge in [0.1, 0.15) is 0 Å². The lowest BCUT2D eigenvalue weighted by Crippen LogP contribution is -2.45. The number of sulfone groups is 1. The molecule has 0 amide bonds. The van der Waals surface area contributed by atoms with Crippen LogP contribution in [0.3, 0.4) is 0 Å². The van der Waals surface area contributed by atoms with Gasteiger partial charge in [-0.1, -0.05) is 6.92 Å². The molecule has 3 aliphatic rings. The molecule has 1 aromatic rings. The molecule has 6 heteroatoms. The summed E-state index contributed by atoms with van der Waals surface area (Å²) < 4.78 is 31.0. The first-order chi connectivity index (χ1) is 12.2. The number of carbonyl (C=O) groups excluding carboxylic acids is 1. The van der Waals surface area contributed by atoms with Crippen molar-refractivity contribution in [3.8, 4) is 0 Å². The molecule has 2 aliphatic heterocycles. The van der Waals surface area contributed by atoms with Gasteiger partial charge < -0.3 is 9.64 Å². The van der Waals surface area contributed by atoms with E-state index < -0.39 is 9.84 Å². The molecule has 0 unspecified atom stereocenters. The van der Waals surface area contributed by atoms with Crippen LogP contribution in [0.25, 0.3) is 0 Å². The lowest BCUT2D eigenvalue weighted by molar-refractivity contribution is -0.0870. The molecule has 3 fully saturated rings. The zero-order chi connectivity index (χ0) is 18.6. The molecular weight excluding hydrogens is 350 g/mol. The highest BCUT2D eigenvalue weighted by molar-refractivity contribution is 7.91. The maximum absolute atomic E-state index is 12.9. The van der Waals surface area contributed by atoms with E-state index in [0.29, 0.717) is 29.1 Å². The van der Waals surface area contributed by atoms with Crippen molar-refractivity contribution in [2.75, 3.05) is 37.0 Å². The lowest BCUT2D eigenvalue weighted by atomic mass is 9.92. The SMILES string of the molecule is CC(=O)c1ccc(S(=O)(=O)CC2(C)COC2)cc1N1CCC2(CC1)CC2. The van der Waals surface area contributed by atoms with Crippen LogP contribution in [-0.2, 0) is 14.6 Å². The lowest BCUT2D eigenvalue weighted by Gasteiger charge is -2.38. The summed E-state index contributed by atoms with van der Waals surface area (Å²) in [6.07, 6.45) is 4.90. The van der Waals surface area contributed by atoms with Crippen molar-refractivity contribution in [1.82, 2.24) is 0 Å². The summed E-state index contributed by atoms with van der Waals surface area (Å²) in [6, 6.07) is 5.00. The Morgan fingerprint density at radius 1 is 1.15 bits per heavy atom. The number of nitrogens with zero attached hydrogens (tertiary/aromatic N) is 1. The van der Waals surface area contributed by atoms with Crippen molar-refractivity contribution < 1.29 is 17.9 Å². The molecule has 142 valence electrons. The first-order valence-electron chi connectivity index (χ1n) is 9.43. The number of Topliss-reactive ketones (excluding diaryl/α,β-unsaturated/α-hetero) is 1. The highest BCUT2D eigenvalue weighted by Gasteiger charge is 2.45. The standard InChI is InChI=1S/C20H27NO4S/c1-15(22)17-4-3-16(26(23,24)14-19(2)12-25-13-19)11-18(17)21-9-7-20(5-6-20)8-10-21/h3-4,11H,5-10,12-14H2,1-2H3. The minimum absolute atomic E-state index is 0.0185. The van der Waals surface area contributed by atoms with Crippen LogP contribution in [0.1, 0.15) is 49.9 Å². The van der Waals surface area contributed by atoms with Crippen molar-refractivity contribution in [1.29, 1.82) is 0 Å². The fraction of sp³-hybridized carbons (Fsp3) is 0.650. The Kier molecular flexibility index (Phi) is 4.19. The first kappa shape index (κ1) is 18.0. The molecule has 0 atom stereocenters. The van der Waals surface area contributed by atoms with Crippen LogP contribution in [0.4, 0.5) is 5.69 Å². The van der Waals surface area contributed by atoms with Gasteiger partial charge in [-0.3, -0.25) is 4.79 Å². The van der Waals surface area contributed by atoms with Crippen LogP contribution in [-0.4, -0.2) is 46.3 Å². The average Bonchev–Trinajstić information content (AvgIpc) is 3.32. The Balaban J connectivity index is 1.63. The largest absolute Gasteiger partial charge is 0.380 e. The number of hydrogen-bond acceptors (Lipinski definition) is 5. The van der Waals surface area contributed by atoms with Crippen LogP contribution < -0.4 is 4.90 Å². The summed E-state index contributed by atoms with van der Waals surface area (Å²) in [7, 11) is -3.41. The molecule has 2 saturated heterocycles. The Hall–Kier alpha value is -1.40. The maximum atomic E-state index is 12.9. The summed E-state index contributed by atoms with van der Waals surface area (Å²) >= 11 is 0. The predicted molar refractivity (Wildman–Crippen MR) is 101 cm³/mol. The maximum Gasteiger partial charge on any atom is 0.179 e. The monoisotopic (exact) mass is 377 g/mol. The average molecular weight is 378 g/mol. The Labute approximate surface area is 155 Å². The minimum atomic E-state index is -3.41. The minimum Gasteiger partial charge on any atom is -0.380 e. The summed E-state index contributed by atoms with van der Waals surface area (Å²) in [5.41, 5.74) is 1.63. The Morgan fingerprint density at radius 2 is 1.81 bits per heavy atom. The van der Waals surface area contributed by atoms with Gasteiger partial charge in [0.2, 0.25) is 0 Å². The second-order valence-corrected chi connectivity index (χ2v) is 10.8. The number of anilines is 1. The number of ether oxygens (including phenoxy) is 1. The number of rotatable bonds is 5. The van der Waals surface area contributed by atoms with Gasteiger partial charge in [0.15, 0.2) is 15.6 Å². The van der Waals surface area contributed by atoms with E-state index in [4.69, 9.17) is 4.74 Å². The van der Waals surface area contributed by atoms with E-state index in [1.54, 1.807) is 25.1 Å². The van der Waals surface area contributed by atoms with Crippen molar-refractivity contribution in [2.24, 2.45) is 10.8 Å². The van der Waals surface area contributed by atoms with Gasteiger partial charge in [0.25, 0.3) is 0 Å². The van der Waals surface area contributed by atoms with Gasteiger partial charge in [-0.15, -0.1) is 0 Å². The molecule has 0 N–H and O–H groups in total. The molecule has 1 aromatic carbocycles. The molecule has 2 heterocycles. The smallest absolute Gasteiger partial charge is 0.179 e. The topological polar surface area (TPSA) is 63.7 Å². The van der Waals surface area contributed by atoms with E-state index in [0.717, 1.165) is 31.6 Å². The second-order valence-electron chi connectivity index (χ2n) is 8.78. The van der Waals surface area contributed by atoms with Crippen molar-refractivity contribution in [2.45, 2.75) is 44.4 Å². The predicted octanol–water partition coefficient (Wildman–Crippen LogP) is 3.08. The van der Waals surface area contributed by atoms with E-state index in [9.17, 15) is 13.2 Å². The number of ketones is 1. The summed E-state index contributed by atoms with van der Waals surface area (Å²) in [6.45, 7) is 6.26. The van der Waals surface area contributed by atoms with Gasteiger partial charge in [0, 0.05) is 29.8 Å². The zero-order valence-corrected chi connectivity index (χ0v) is 16.4. The van der Waals surface area contributed by atoms with E-state index in [1.807, 2.05) is 6.92 Å². The molecule has 1 aliphatic carbocycles. The number of carbonyl (C=O) groups is 1. The van der Waals surface area contributed by atoms with E-state index in [-0.39, 0.29) is 17.0 Å².